The topological polar surface area (TPSA) is 75.2 Å². The van der Waals surface area contributed by atoms with Crippen LogP contribution in [0, 0.1) is 5.82 Å². The van der Waals surface area contributed by atoms with Crippen molar-refractivity contribution in [1.29, 1.82) is 0 Å². The Bertz CT molecular complexity index is 792. The van der Waals surface area contributed by atoms with Gasteiger partial charge in [0.2, 0.25) is 10.0 Å². The van der Waals surface area contributed by atoms with Gasteiger partial charge in [-0.2, -0.15) is 0 Å². The maximum atomic E-state index is 13.2. The molecular formula is C15H17FN4O2S. The molecule has 23 heavy (non-hydrogen) atoms. The second-order valence-corrected chi connectivity index (χ2v) is 7.07. The maximum absolute atomic E-state index is 13.2. The zero-order valence-corrected chi connectivity index (χ0v) is 13.3. The van der Waals surface area contributed by atoms with Crippen molar-refractivity contribution >= 4 is 15.8 Å². The van der Waals surface area contributed by atoms with Gasteiger partial charge in [0, 0.05) is 19.3 Å². The van der Waals surface area contributed by atoms with E-state index in [9.17, 15) is 12.8 Å². The fourth-order valence-electron chi connectivity index (χ4n) is 2.47. The van der Waals surface area contributed by atoms with Crippen LogP contribution in [0.2, 0.25) is 0 Å². The maximum Gasteiger partial charge on any atom is 0.241 e. The summed E-state index contributed by atoms with van der Waals surface area (Å²) in [6.45, 7) is 1.86. The molecule has 8 heteroatoms. The molecule has 0 radical (unpaired) electrons. The highest BCUT2D eigenvalue weighted by Crippen LogP contribution is 2.17. The Morgan fingerprint density at radius 2 is 2.00 bits per heavy atom. The van der Waals surface area contributed by atoms with Crippen LogP contribution in [0.5, 0.6) is 0 Å². The second-order valence-electron chi connectivity index (χ2n) is 5.31. The Kier molecular flexibility index (Phi) is 4.53. The molecule has 0 aliphatic carbocycles. The summed E-state index contributed by atoms with van der Waals surface area (Å²) < 4.78 is 39.9. The molecule has 1 aromatic carbocycles. The molecular weight excluding hydrogens is 319 g/mol. The Morgan fingerprint density at radius 1 is 1.22 bits per heavy atom. The second kappa shape index (κ2) is 6.59. The molecule has 1 aliphatic heterocycles. The number of benzene rings is 1. The zero-order valence-electron chi connectivity index (χ0n) is 12.4. The fraction of sp³-hybridized carbons (Fsp3) is 0.333. The predicted molar refractivity (Wildman–Crippen MR) is 83.9 cm³/mol. The average molecular weight is 336 g/mol. The van der Waals surface area contributed by atoms with Gasteiger partial charge >= 0.3 is 0 Å². The first kappa shape index (κ1) is 15.8. The van der Waals surface area contributed by atoms with Gasteiger partial charge in [0.1, 0.15) is 17.5 Å². The molecule has 122 valence electrons. The Hall–Kier alpha value is -2.06. The third kappa shape index (κ3) is 3.83. The van der Waals surface area contributed by atoms with E-state index in [1.165, 1.54) is 18.2 Å². The molecule has 0 spiro atoms. The van der Waals surface area contributed by atoms with Crippen molar-refractivity contribution in [3.63, 3.8) is 0 Å². The molecule has 3 rings (SSSR count). The lowest BCUT2D eigenvalue weighted by molar-refractivity contribution is 0.575. The van der Waals surface area contributed by atoms with Crippen LogP contribution in [0.4, 0.5) is 10.2 Å². The summed E-state index contributed by atoms with van der Waals surface area (Å²) in [5, 5.41) is 0. The van der Waals surface area contributed by atoms with Gasteiger partial charge < -0.3 is 4.90 Å². The molecule has 2 heterocycles. The van der Waals surface area contributed by atoms with Crippen molar-refractivity contribution in [3.05, 3.63) is 48.2 Å². The summed E-state index contributed by atoms with van der Waals surface area (Å²) >= 11 is 0. The normalized spacial score (nSPS) is 15.1. The van der Waals surface area contributed by atoms with Crippen molar-refractivity contribution in [2.24, 2.45) is 0 Å². The van der Waals surface area contributed by atoms with Crippen molar-refractivity contribution < 1.29 is 12.8 Å². The molecule has 1 aliphatic rings. The lowest BCUT2D eigenvalue weighted by atomic mass is 10.4. The van der Waals surface area contributed by atoms with E-state index >= 15 is 0 Å². The SMILES string of the molecule is O=S(=O)(NCc1nccc(N2CCCC2)n1)c1cccc(F)c1. The minimum atomic E-state index is -3.80. The average Bonchev–Trinajstić information content (AvgIpc) is 3.08. The first-order valence-corrected chi connectivity index (χ1v) is 8.85. The highest BCUT2D eigenvalue weighted by atomic mass is 32.2. The number of aromatic nitrogens is 2. The molecule has 2 aromatic rings. The largest absolute Gasteiger partial charge is 0.357 e. The summed E-state index contributed by atoms with van der Waals surface area (Å²) in [6, 6.07) is 6.68. The first-order chi connectivity index (χ1) is 11.0. The first-order valence-electron chi connectivity index (χ1n) is 7.37. The molecule has 1 saturated heterocycles. The molecule has 0 saturated carbocycles. The van der Waals surface area contributed by atoms with Gasteiger partial charge in [-0.3, -0.25) is 0 Å². The number of sulfonamides is 1. The van der Waals surface area contributed by atoms with Crippen molar-refractivity contribution in [2.75, 3.05) is 18.0 Å². The summed E-state index contributed by atoms with van der Waals surface area (Å²) in [5.74, 6) is 0.590. The van der Waals surface area contributed by atoms with Gasteiger partial charge in [-0.25, -0.2) is 27.5 Å². The number of nitrogens with zero attached hydrogens (tertiary/aromatic N) is 3. The minimum Gasteiger partial charge on any atom is -0.357 e. The van der Waals surface area contributed by atoms with Gasteiger partial charge in [0.15, 0.2) is 0 Å². The molecule has 0 atom stereocenters. The van der Waals surface area contributed by atoms with Gasteiger partial charge in [-0.05, 0) is 37.1 Å². The molecule has 1 fully saturated rings. The van der Waals surface area contributed by atoms with Crippen molar-refractivity contribution in [1.82, 2.24) is 14.7 Å². The number of anilines is 1. The van der Waals surface area contributed by atoms with Crippen LogP contribution in [0.15, 0.2) is 41.4 Å². The third-order valence-electron chi connectivity index (χ3n) is 3.65. The van der Waals surface area contributed by atoms with E-state index in [-0.39, 0.29) is 11.4 Å². The molecule has 6 nitrogen and oxygen atoms in total. The molecule has 0 bridgehead atoms. The van der Waals surface area contributed by atoms with Crippen LogP contribution >= 0.6 is 0 Å². The summed E-state index contributed by atoms with van der Waals surface area (Å²) in [6.07, 6.45) is 3.88. The molecule has 1 N–H and O–H groups in total. The van der Waals surface area contributed by atoms with Crippen LogP contribution in [0.25, 0.3) is 0 Å². The smallest absolute Gasteiger partial charge is 0.241 e. The van der Waals surface area contributed by atoms with Crippen LogP contribution in [-0.4, -0.2) is 31.5 Å². The van der Waals surface area contributed by atoms with E-state index in [2.05, 4.69) is 19.6 Å². The van der Waals surface area contributed by atoms with Crippen molar-refractivity contribution in [3.8, 4) is 0 Å². The van der Waals surface area contributed by atoms with E-state index < -0.39 is 15.8 Å². The number of halogens is 1. The fourth-order valence-corrected chi connectivity index (χ4v) is 3.48. The number of nitrogens with one attached hydrogen (secondary N) is 1. The van der Waals surface area contributed by atoms with Crippen LogP contribution < -0.4 is 9.62 Å². The Balaban J connectivity index is 1.71. The summed E-state index contributed by atoms with van der Waals surface area (Å²) in [5.41, 5.74) is 0. The Morgan fingerprint density at radius 3 is 2.74 bits per heavy atom. The standard InChI is InChI=1S/C15H17FN4O2S/c16-12-4-3-5-13(10-12)23(21,22)18-11-14-17-7-6-15(19-14)20-8-1-2-9-20/h3-7,10,18H,1-2,8-9,11H2. The number of hydrogen-bond donors (Lipinski definition) is 1. The summed E-state index contributed by atoms with van der Waals surface area (Å²) in [4.78, 5) is 10.5. The van der Waals surface area contributed by atoms with Crippen LogP contribution in [-0.2, 0) is 16.6 Å². The van der Waals surface area contributed by atoms with E-state index in [1.807, 2.05) is 6.07 Å². The minimum absolute atomic E-state index is 0.0411. The zero-order chi connectivity index (χ0) is 16.3. The number of rotatable bonds is 5. The molecule has 1 aromatic heterocycles. The van der Waals surface area contributed by atoms with E-state index in [0.29, 0.717) is 5.82 Å². The molecule has 0 unspecified atom stereocenters. The Labute approximate surface area is 134 Å². The van der Waals surface area contributed by atoms with Gasteiger partial charge in [-0.15, -0.1) is 0 Å². The lowest BCUT2D eigenvalue weighted by Crippen LogP contribution is -2.25. The monoisotopic (exact) mass is 336 g/mol. The van der Waals surface area contributed by atoms with Crippen LogP contribution in [0.1, 0.15) is 18.7 Å². The van der Waals surface area contributed by atoms with Gasteiger partial charge in [0.05, 0.1) is 11.4 Å². The summed E-state index contributed by atoms with van der Waals surface area (Å²) in [7, 11) is -3.80. The highest BCUT2D eigenvalue weighted by molar-refractivity contribution is 7.89. The van der Waals surface area contributed by atoms with Crippen LogP contribution in [0.3, 0.4) is 0 Å². The van der Waals surface area contributed by atoms with Crippen molar-refractivity contribution in [2.45, 2.75) is 24.3 Å². The third-order valence-corrected chi connectivity index (χ3v) is 5.05. The number of hydrogen-bond acceptors (Lipinski definition) is 5. The lowest BCUT2D eigenvalue weighted by Gasteiger charge is -2.16. The quantitative estimate of drug-likeness (QED) is 0.899. The molecule has 0 amide bonds. The highest BCUT2D eigenvalue weighted by Gasteiger charge is 2.17. The van der Waals surface area contributed by atoms with Gasteiger partial charge in [0.25, 0.3) is 0 Å². The van der Waals surface area contributed by atoms with E-state index in [4.69, 9.17) is 0 Å². The predicted octanol–water partition coefficient (Wildman–Crippen LogP) is 1.69. The van der Waals surface area contributed by atoms with Gasteiger partial charge in [-0.1, -0.05) is 6.07 Å². The van der Waals surface area contributed by atoms with E-state index in [1.54, 1.807) is 6.20 Å². The van der Waals surface area contributed by atoms with E-state index in [0.717, 1.165) is 37.8 Å².